The van der Waals surface area contributed by atoms with Crippen LogP contribution in [0, 0.1) is 18.6 Å². The molecule has 0 radical (unpaired) electrons. The van der Waals surface area contributed by atoms with Crippen molar-refractivity contribution in [1.29, 1.82) is 0 Å². The first-order valence-electron chi connectivity index (χ1n) is 6.70. The van der Waals surface area contributed by atoms with Crippen LogP contribution in [0.5, 0.6) is 0 Å². The Morgan fingerprint density at radius 1 is 1.30 bits per heavy atom. The van der Waals surface area contributed by atoms with Gasteiger partial charge in [-0.05, 0) is 25.5 Å². The number of carbonyl (C=O) groups excluding carboxylic acids is 1. The highest BCUT2D eigenvalue weighted by Gasteiger charge is 2.23. The topological polar surface area (TPSA) is 44.4 Å². The minimum atomic E-state index is -0.621. The molecule has 0 bridgehead atoms. The van der Waals surface area contributed by atoms with Crippen molar-refractivity contribution in [1.82, 2.24) is 10.2 Å². The first-order chi connectivity index (χ1) is 9.49. The van der Waals surface area contributed by atoms with Crippen LogP contribution < -0.4 is 10.6 Å². The van der Waals surface area contributed by atoms with Crippen LogP contribution in [0.2, 0.25) is 0 Å². The molecule has 1 unspecified atom stereocenters. The third-order valence-electron chi connectivity index (χ3n) is 3.58. The zero-order valence-corrected chi connectivity index (χ0v) is 11.7. The van der Waals surface area contributed by atoms with E-state index in [4.69, 9.17) is 0 Å². The van der Waals surface area contributed by atoms with Crippen LogP contribution in [-0.4, -0.2) is 43.0 Å². The van der Waals surface area contributed by atoms with Crippen LogP contribution in [0.3, 0.4) is 0 Å². The fourth-order valence-corrected chi connectivity index (χ4v) is 2.21. The maximum atomic E-state index is 13.7. The summed E-state index contributed by atoms with van der Waals surface area (Å²) in [6.07, 6.45) is 0. The number of anilines is 1. The van der Waals surface area contributed by atoms with Gasteiger partial charge in [-0.3, -0.25) is 9.69 Å². The predicted molar refractivity (Wildman–Crippen MR) is 73.6 cm³/mol. The summed E-state index contributed by atoms with van der Waals surface area (Å²) < 4.78 is 27.1. The second-order valence-corrected chi connectivity index (χ2v) is 5.03. The van der Waals surface area contributed by atoms with Gasteiger partial charge in [0.2, 0.25) is 5.91 Å². The van der Waals surface area contributed by atoms with Gasteiger partial charge in [0.15, 0.2) is 0 Å². The molecule has 0 aliphatic carbocycles. The second-order valence-electron chi connectivity index (χ2n) is 5.03. The van der Waals surface area contributed by atoms with Crippen molar-refractivity contribution < 1.29 is 13.6 Å². The normalized spacial score (nSPS) is 17.8. The zero-order valence-electron chi connectivity index (χ0n) is 11.7. The SMILES string of the molecule is Cc1cc(F)c(NC(=O)C(C)N2CCNCC2)cc1F. The summed E-state index contributed by atoms with van der Waals surface area (Å²) in [6, 6.07) is 1.73. The lowest BCUT2D eigenvalue weighted by Crippen LogP contribution is -2.51. The van der Waals surface area contributed by atoms with E-state index < -0.39 is 11.6 Å². The average molecular weight is 283 g/mol. The number of carbonyl (C=O) groups is 1. The van der Waals surface area contributed by atoms with Crippen molar-refractivity contribution in [3.05, 3.63) is 29.3 Å². The number of nitrogens with zero attached hydrogens (tertiary/aromatic N) is 1. The van der Waals surface area contributed by atoms with Crippen molar-refractivity contribution in [3.8, 4) is 0 Å². The Labute approximate surface area is 117 Å². The fourth-order valence-electron chi connectivity index (χ4n) is 2.21. The molecule has 1 aromatic carbocycles. The van der Waals surface area contributed by atoms with E-state index in [0.717, 1.165) is 38.3 Å². The molecule has 1 atom stereocenters. The molecule has 2 N–H and O–H groups in total. The van der Waals surface area contributed by atoms with E-state index in [2.05, 4.69) is 10.6 Å². The van der Waals surface area contributed by atoms with Gasteiger partial charge in [0.25, 0.3) is 0 Å². The summed E-state index contributed by atoms with van der Waals surface area (Å²) in [5, 5.41) is 5.66. The summed E-state index contributed by atoms with van der Waals surface area (Å²) in [4.78, 5) is 14.1. The molecule has 20 heavy (non-hydrogen) atoms. The number of halogens is 2. The predicted octanol–water partition coefficient (Wildman–Crippen LogP) is 1.51. The van der Waals surface area contributed by atoms with E-state index in [1.807, 2.05) is 4.90 Å². The van der Waals surface area contributed by atoms with Crippen LogP contribution in [0.25, 0.3) is 0 Å². The Bertz CT molecular complexity index is 501. The fraction of sp³-hybridized carbons (Fsp3) is 0.500. The van der Waals surface area contributed by atoms with Gasteiger partial charge in [0, 0.05) is 32.2 Å². The minimum Gasteiger partial charge on any atom is -0.322 e. The van der Waals surface area contributed by atoms with E-state index in [9.17, 15) is 13.6 Å². The zero-order chi connectivity index (χ0) is 14.7. The van der Waals surface area contributed by atoms with Crippen LogP contribution in [0.4, 0.5) is 14.5 Å². The standard InChI is InChI=1S/C14H19F2N3O/c1-9-7-12(16)13(8-11(9)15)18-14(20)10(2)19-5-3-17-4-6-19/h7-8,10,17H,3-6H2,1-2H3,(H,18,20). The van der Waals surface area contributed by atoms with E-state index in [0.29, 0.717) is 0 Å². The van der Waals surface area contributed by atoms with Gasteiger partial charge in [0.1, 0.15) is 11.6 Å². The Morgan fingerprint density at radius 2 is 1.95 bits per heavy atom. The lowest BCUT2D eigenvalue weighted by molar-refractivity contribution is -0.121. The molecule has 6 heteroatoms. The molecule has 1 saturated heterocycles. The Morgan fingerprint density at radius 3 is 2.60 bits per heavy atom. The molecule has 1 aromatic rings. The maximum Gasteiger partial charge on any atom is 0.241 e. The Balaban J connectivity index is 2.05. The van der Waals surface area contributed by atoms with Crippen molar-refractivity contribution in [2.75, 3.05) is 31.5 Å². The van der Waals surface area contributed by atoms with Crippen molar-refractivity contribution >= 4 is 11.6 Å². The molecule has 110 valence electrons. The van der Waals surface area contributed by atoms with E-state index >= 15 is 0 Å². The molecule has 1 aliphatic heterocycles. The first-order valence-corrected chi connectivity index (χ1v) is 6.70. The van der Waals surface area contributed by atoms with Crippen LogP contribution in [0.15, 0.2) is 12.1 Å². The van der Waals surface area contributed by atoms with Crippen LogP contribution >= 0.6 is 0 Å². The summed E-state index contributed by atoms with van der Waals surface area (Å²) in [6.45, 7) is 6.42. The number of benzene rings is 1. The number of hydrogen-bond donors (Lipinski definition) is 2. The van der Waals surface area contributed by atoms with Gasteiger partial charge < -0.3 is 10.6 Å². The number of aryl methyl sites for hydroxylation is 1. The van der Waals surface area contributed by atoms with Gasteiger partial charge in [-0.2, -0.15) is 0 Å². The maximum absolute atomic E-state index is 13.7. The summed E-state index contributed by atoms with van der Waals surface area (Å²) in [5.74, 6) is -1.48. The average Bonchev–Trinajstić information content (AvgIpc) is 2.44. The van der Waals surface area contributed by atoms with Gasteiger partial charge in [-0.25, -0.2) is 8.78 Å². The molecule has 1 fully saturated rings. The van der Waals surface area contributed by atoms with Gasteiger partial charge in [0.05, 0.1) is 11.7 Å². The highest BCUT2D eigenvalue weighted by atomic mass is 19.1. The summed E-state index contributed by atoms with van der Waals surface area (Å²) in [5.41, 5.74) is 0.107. The number of hydrogen-bond acceptors (Lipinski definition) is 3. The quantitative estimate of drug-likeness (QED) is 0.883. The number of rotatable bonds is 3. The molecule has 4 nitrogen and oxygen atoms in total. The number of amides is 1. The van der Waals surface area contributed by atoms with E-state index in [1.54, 1.807) is 6.92 Å². The largest absolute Gasteiger partial charge is 0.322 e. The first kappa shape index (κ1) is 14.9. The molecule has 1 heterocycles. The number of piperazine rings is 1. The lowest BCUT2D eigenvalue weighted by atomic mass is 10.2. The highest BCUT2D eigenvalue weighted by molar-refractivity contribution is 5.94. The third kappa shape index (κ3) is 3.32. The molecule has 0 spiro atoms. The van der Waals surface area contributed by atoms with Crippen LogP contribution in [0.1, 0.15) is 12.5 Å². The Kier molecular flexibility index (Phi) is 4.67. The lowest BCUT2D eigenvalue weighted by Gasteiger charge is -2.31. The van der Waals surface area contributed by atoms with Crippen molar-refractivity contribution in [2.45, 2.75) is 19.9 Å². The minimum absolute atomic E-state index is 0.111. The second kappa shape index (κ2) is 6.28. The third-order valence-corrected chi connectivity index (χ3v) is 3.58. The van der Waals surface area contributed by atoms with Crippen LogP contribution in [-0.2, 0) is 4.79 Å². The molecule has 0 aromatic heterocycles. The van der Waals surface area contributed by atoms with Gasteiger partial charge in [-0.15, -0.1) is 0 Å². The van der Waals surface area contributed by atoms with Crippen molar-refractivity contribution in [2.24, 2.45) is 0 Å². The smallest absolute Gasteiger partial charge is 0.241 e. The molecule has 0 saturated carbocycles. The monoisotopic (exact) mass is 283 g/mol. The summed E-state index contributed by atoms with van der Waals surface area (Å²) >= 11 is 0. The van der Waals surface area contributed by atoms with E-state index in [-0.39, 0.29) is 23.2 Å². The summed E-state index contributed by atoms with van der Waals surface area (Å²) in [7, 11) is 0. The highest BCUT2D eigenvalue weighted by Crippen LogP contribution is 2.19. The molecule has 1 aliphatic rings. The Hall–Kier alpha value is -1.53. The molecular weight excluding hydrogens is 264 g/mol. The van der Waals surface area contributed by atoms with E-state index in [1.165, 1.54) is 6.92 Å². The molecule has 1 amide bonds. The van der Waals surface area contributed by atoms with Crippen molar-refractivity contribution in [3.63, 3.8) is 0 Å². The molecular formula is C14H19F2N3O. The van der Waals surface area contributed by atoms with Gasteiger partial charge in [-0.1, -0.05) is 0 Å². The number of nitrogens with one attached hydrogen (secondary N) is 2. The van der Waals surface area contributed by atoms with Gasteiger partial charge >= 0.3 is 0 Å². The molecule has 2 rings (SSSR count).